The number of anilines is 1. The van der Waals surface area contributed by atoms with Crippen LogP contribution in [0.15, 0.2) is 18.2 Å². The Kier molecular flexibility index (Phi) is 4.73. The minimum absolute atomic E-state index is 0.0454. The van der Waals surface area contributed by atoms with E-state index in [9.17, 15) is 22.4 Å². The van der Waals surface area contributed by atoms with Gasteiger partial charge in [-0.25, -0.2) is 9.37 Å². The molecule has 0 saturated carbocycles. The van der Waals surface area contributed by atoms with Crippen LogP contribution in [0.2, 0.25) is 0 Å². The van der Waals surface area contributed by atoms with Crippen LogP contribution in [0, 0.1) is 12.7 Å². The minimum atomic E-state index is -4.81. The first-order valence-corrected chi connectivity index (χ1v) is 6.93. The second-order valence-corrected chi connectivity index (χ2v) is 5.67. The van der Waals surface area contributed by atoms with Crippen LogP contribution in [0.4, 0.5) is 23.2 Å². The maximum atomic E-state index is 13.1. The molecule has 3 N–H and O–H groups in total. The minimum Gasteiger partial charge on any atom is -0.423 e. The third-order valence-electron chi connectivity index (χ3n) is 2.75. The van der Waals surface area contributed by atoms with Crippen molar-refractivity contribution in [2.75, 3.05) is 5.32 Å². The number of carbonyl (C=O) groups is 1. The molecule has 0 unspecified atom stereocenters. The summed E-state index contributed by atoms with van der Waals surface area (Å²) in [6.07, 6.45) is -4.81. The van der Waals surface area contributed by atoms with Crippen LogP contribution in [0.1, 0.15) is 20.4 Å². The number of aromatic nitrogens is 1. The van der Waals surface area contributed by atoms with Crippen molar-refractivity contribution in [3.8, 4) is 0 Å². The number of nitrogens with one attached hydrogen (secondary N) is 1. The molecule has 0 radical (unpaired) electrons. The van der Waals surface area contributed by atoms with Gasteiger partial charge in [0.1, 0.15) is 10.7 Å². The highest BCUT2D eigenvalue weighted by molar-refractivity contribution is 7.13. The Balaban J connectivity index is 2.38. The number of rotatable bonds is 3. The van der Waals surface area contributed by atoms with Crippen LogP contribution in [0.25, 0.3) is 0 Å². The SMILES string of the molecule is Cc1nc(C(F)(F)F)c(C(=O)Nc2ccc(F)cc2B(O)O)s1. The largest absolute Gasteiger partial charge is 0.490 e. The molecule has 5 nitrogen and oxygen atoms in total. The molecule has 0 fully saturated rings. The molecule has 0 spiro atoms. The molecular formula is C12H9BF4N2O3S. The van der Waals surface area contributed by atoms with Gasteiger partial charge >= 0.3 is 13.3 Å². The molecule has 0 aliphatic rings. The zero-order valence-electron chi connectivity index (χ0n) is 11.5. The number of hydrogen-bond donors (Lipinski definition) is 3. The topological polar surface area (TPSA) is 82.5 Å². The molecule has 1 amide bonds. The van der Waals surface area contributed by atoms with Crippen molar-refractivity contribution >= 4 is 35.5 Å². The Morgan fingerprint density at radius 3 is 2.57 bits per heavy atom. The van der Waals surface area contributed by atoms with E-state index in [1.165, 1.54) is 6.92 Å². The van der Waals surface area contributed by atoms with Crippen molar-refractivity contribution in [3.63, 3.8) is 0 Å². The zero-order valence-corrected chi connectivity index (χ0v) is 12.3. The van der Waals surface area contributed by atoms with E-state index in [0.29, 0.717) is 11.3 Å². The van der Waals surface area contributed by atoms with E-state index >= 15 is 0 Å². The summed E-state index contributed by atoms with van der Waals surface area (Å²) in [6.45, 7) is 1.32. The quantitative estimate of drug-likeness (QED) is 0.581. The molecule has 2 rings (SSSR count). The fourth-order valence-corrected chi connectivity index (χ4v) is 2.65. The molecule has 11 heteroatoms. The van der Waals surface area contributed by atoms with E-state index in [1.807, 2.05) is 0 Å². The predicted octanol–water partition coefficient (Wildman–Crippen LogP) is 1.54. The number of carbonyl (C=O) groups excluding carboxylic acids is 1. The Labute approximate surface area is 131 Å². The summed E-state index contributed by atoms with van der Waals surface area (Å²) in [5, 5.41) is 20.4. The summed E-state index contributed by atoms with van der Waals surface area (Å²) in [4.78, 5) is 14.7. The maximum absolute atomic E-state index is 13.1. The van der Waals surface area contributed by atoms with Gasteiger partial charge in [0.05, 0.1) is 5.01 Å². The monoisotopic (exact) mass is 348 g/mol. The lowest BCUT2D eigenvalue weighted by Crippen LogP contribution is -2.34. The molecule has 1 heterocycles. The van der Waals surface area contributed by atoms with E-state index in [4.69, 9.17) is 10.0 Å². The molecule has 1 aromatic carbocycles. The second kappa shape index (κ2) is 6.26. The Bertz CT molecular complexity index is 748. The van der Waals surface area contributed by atoms with Crippen molar-refractivity contribution in [1.29, 1.82) is 0 Å². The normalized spacial score (nSPS) is 11.4. The van der Waals surface area contributed by atoms with Crippen molar-refractivity contribution in [2.24, 2.45) is 0 Å². The third kappa shape index (κ3) is 3.87. The van der Waals surface area contributed by atoms with Crippen LogP contribution in [-0.4, -0.2) is 28.1 Å². The van der Waals surface area contributed by atoms with Crippen LogP contribution < -0.4 is 10.8 Å². The van der Waals surface area contributed by atoms with E-state index < -0.39 is 35.6 Å². The van der Waals surface area contributed by atoms with Crippen LogP contribution in [-0.2, 0) is 6.18 Å². The van der Waals surface area contributed by atoms with Gasteiger partial charge in [0.25, 0.3) is 5.91 Å². The number of thiazole rings is 1. The number of benzene rings is 1. The molecule has 0 aliphatic heterocycles. The maximum Gasteiger partial charge on any atom is 0.490 e. The summed E-state index contributed by atoms with van der Waals surface area (Å²) >= 11 is 0.544. The first-order valence-electron chi connectivity index (χ1n) is 6.11. The Hall–Kier alpha value is -1.98. The van der Waals surface area contributed by atoms with Crippen molar-refractivity contribution in [2.45, 2.75) is 13.1 Å². The highest BCUT2D eigenvalue weighted by atomic mass is 32.1. The lowest BCUT2D eigenvalue weighted by Gasteiger charge is -2.11. The molecule has 23 heavy (non-hydrogen) atoms. The van der Waals surface area contributed by atoms with Crippen LogP contribution in [0.3, 0.4) is 0 Å². The van der Waals surface area contributed by atoms with Crippen molar-refractivity contribution in [3.05, 3.63) is 39.6 Å². The van der Waals surface area contributed by atoms with Gasteiger partial charge in [0.15, 0.2) is 5.69 Å². The Morgan fingerprint density at radius 2 is 2.00 bits per heavy atom. The molecule has 0 atom stereocenters. The average Bonchev–Trinajstić information content (AvgIpc) is 2.83. The van der Waals surface area contributed by atoms with E-state index in [1.54, 1.807) is 0 Å². The fourth-order valence-electron chi connectivity index (χ4n) is 1.81. The highest BCUT2D eigenvalue weighted by Gasteiger charge is 2.39. The van der Waals surface area contributed by atoms with Crippen molar-refractivity contribution < 1.29 is 32.4 Å². The summed E-state index contributed by atoms with van der Waals surface area (Å²) < 4.78 is 51.7. The molecule has 0 bridgehead atoms. The number of halogens is 4. The van der Waals surface area contributed by atoms with Gasteiger partial charge < -0.3 is 15.4 Å². The standard InChI is InChI=1S/C12H9BF4N2O3S/c1-5-18-10(12(15,16)17)9(23-5)11(20)19-8-3-2-6(14)4-7(8)13(21)22/h2-4,21-22H,1H3,(H,19,20). The van der Waals surface area contributed by atoms with Gasteiger partial charge in [-0.05, 0) is 25.1 Å². The first kappa shape index (κ1) is 17.4. The van der Waals surface area contributed by atoms with Gasteiger partial charge in [0.2, 0.25) is 0 Å². The van der Waals surface area contributed by atoms with Gasteiger partial charge in [0, 0.05) is 11.2 Å². The highest BCUT2D eigenvalue weighted by Crippen LogP contribution is 2.34. The van der Waals surface area contributed by atoms with Gasteiger partial charge in [-0.15, -0.1) is 11.3 Å². The smallest absolute Gasteiger partial charge is 0.423 e. The first-order chi connectivity index (χ1) is 10.6. The van der Waals surface area contributed by atoms with Crippen molar-refractivity contribution in [1.82, 2.24) is 4.98 Å². The molecule has 122 valence electrons. The molecule has 0 saturated heterocycles. The summed E-state index contributed by atoms with van der Waals surface area (Å²) in [6, 6.07) is 2.69. The number of hydrogen-bond acceptors (Lipinski definition) is 5. The summed E-state index contributed by atoms with van der Waals surface area (Å²) in [5.41, 5.74) is -1.93. The van der Waals surface area contributed by atoms with Gasteiger partial charge in [-0.1, -0.05) is 0 Å². The number of alkyl halides is 3. The molecule has 1 aromatic heterocycles. The lowest BCUT2D eigenvalue weighted by atomic mass is 9.79. The number of aryl methyl sites for hydroxylation is 1. The zero-order chi connectivity index (χ0) is 17.4. The molecule has 2 aromatic rings. The average molecular weight is 348 g/mol. The molecular weight excluding hydrogens is 339 g/mol. The number of amides is 1. The molecule has 0 aliphatic carbocycles. The van der Waals surface area contributed by atoms with E-state index in [0.717, 1.165) is 18.2 Å². The lowest BCUT2D eigenvalue weighted by molar-refractivity contribution is -0.141. The van der Waals surface area contributed by atoms with Gasteiger partial charge in [-0.2, -0.15) is 13.2 Å². The third-order valence-corrected chi connectivity index (χ3v) is 3.72. The Morgan fingerprint density at radius 1 is 1.35 bits per heavy atom. The second-order valence-electron chi connectivity index (χ2n) is 4.47. The van der Waals surface area contributed by atoms with Crippen LogP contribution >= 0.6 is 11.3 Å². The summed E-state index contributed by atoms with van der Waals surface area (Å²) in [5.74, 6) is -1.92. The predicted molar refractivity (Wildman–Crippen MR) is 76.0 cm³/mol. The summed E-state index contributed by atoms with van der Waals surface area (Å²) in [7, 11) is -2.11. The van der Waals surface area contributed by atoms with E-state index in [-0.39, 0.29) is 16.2 Å². The van der Waals surface area contributed by atoms with E-state index in [2.05, 4.69) is 10.3 Å². The van der Waals surface area contributed by atoms with Gasteiger partial charge in [-0.3, -0.25) is 4.79 Å². The fraction of sp³-hybridized carbons (Fsp3) is 0.167. The number of nitrogens with zero attached hydrogens (tertiary/aromatic N) is 1. The van der Waals surface area contributed by atoms with Crippen LogP contribution in [0.5, 0.6) is 0 Å².